The minimum Gasteiger partial charge on any atom is -0.409 e. The van der Waals surface area contributed by atoms with Crippen LogP contribution < -0.4 is 5.73 Å². The molecule has 1 saturated heterocycles. The number of hydrogen-bond donors (Lipinski definition) is 2. The smallest absolute Gasteiger partial charge is 0.156 e. The Bertz CT molecular complexity index is 221. The molecule has 1 aliphatic rings. The van der Waals surface area contributed by atoms with E-state index in [9.17, 15) is 0 Å². The molecule has 5 heteroatoms. The fourth-order valence-electron chi connectivity index (χ4n) is 2.11. The zero-order valence-corrected chi connectivity index (χ0v) is 9.52. The van der Waals surface area contributed by atoms with Crippen LogP contribution in [0.15, 0.2) is 5.16 Å². The molecule has 1 rings (SSSR count). The number of oxime groups is 1. The topological polar surface area (TPSA) is 71.1 Å². The van der Waals surface area contributed by atoms with Gasteiger partial charge in [-0.05, 0) is 12.8 Å². The predicted octanol–water partition coefficient (Wildman–Crippen LogP) is 0.622. The maximum atomic E-state index is 8.73. The lowest BCUT2D eigenvalue weighted by Crippen LogP contribution is -2.54. The summed E-state index contributed by atoms with van der Waals surface area (Å²) in [6.07, 6.45) is 1.88. The summed E-state index contributed by atoms with van der Waals surface area (Å²) in [5.74, 6) is 0.304. The lowest BCUT2D eigenvalue weighted by atomic mass is 10.1. The van der Waals surface area contributed by atoms with Gasteiger partial charge in [0, 0.05) is 12.6 Å². The van der Waals surface area contributed by atoms with Gasteiger partial charge in [0.2, 0.25) is 0 Å². The summed E-state index contributed by atoms with van der Waals surface area (Å²) in [5.41, 5.74) is 5.69. The van der Waals surface area contributed by atoms with Gasteiger partial charge >= 0.3 is 0 Å². The van der Waals surface area contributed by atoms with Gasteiger partial charge in [0.15, 0.2) is 5.84 Å². The molecule has 3 N–H and O–H groups in total. The first-order valence-electron chi connectivity index (χ1n) is 5.55. The van der Waals surface area contributed by atoms with Crippen LogP contribution in [0.3, 0.4) is 0 Å². The maximum absolute atomic E-state index is 8.73. The molecule has 0 aromatic heterocycles. The molecule has 0 bridgehead atoms. The lowest BCUT2D eigenvalue weighted by molar-refractivity contribution is -0.0189. The lowest BCUT2D eigenvalue weighted by Gasteiger charge is -2.39. The molecule has 5 nitrogen and oxygen atoms in total. The molecule has 88 valence electrons. The van der Waals surface area contributed by atoms with E-state index in [0.29, 0.717) is 11.9 Å². The minimum atomic E-state index is 0.0313. The Morgan fingerprint density at radius 3 is 2.93 bits per heavy atom. The van der Waals surface area contributed by atoms with Gasteiger partial charge in [-0.1, -0.05) is 19.0 Å². The normalized spacial score (nSPS) is 26.5. The highest BCUT2D eigenvalue weighted by atomic mass is 16.5. The first kappa shape index (κ1) is 12.3. The van der Waals surface area contributed by atoms with Crippen molar-refractivity contribution in [3.05, 3.63) is 0 Å². The van der Waals surface area contributed by atoms with Gasteiger partial charge in [-0.3, -0.25) is 4.90 Å². The average molecular weight is 215 g/mol. The third kappa shape index (κ3) is 2.82. The van der Waals surface area contributed by atoms with Crippen LogP contribution in [0.5, 0.6) is 0 Å². The number of morpholine rings is 1. The molecule has 1 fully saturated rings. The second-order valence-corrected chi connectivity index (χ2v) is 3.82. The summed E-state index contributed by atoms with van der Waals surface area (Å²) in [6.45, 7) is 6.50. The van der Waals surface area contributed by atoms with E-state index in [-0.39, 0.29) is 6.04 Å². The van der Waals surface area contributed by atoms with Gasteiger partial charge in [0.05, 0.1) is 19.3 Å². The van der Waals surface area contributed by atoms with Crippen LogP contribution in [0.1, 0.15) is 26.7 Å². The maximum Gasteiger partial charge on any atom is 0.156 e. The Kier molecular flexibility index (Phi) is 4.84. The molecule has 0 spiro atoms. The Hall–Kier alpha value is -0.810. The van der Waals surface area contributed by atoms with Crippen LogP contribution in [0.4, 0.5) is 0 Å². The summed E-state index contributed by atoms with van der Waals surface area (Å²) in [4.78, 5) is 2.28. The second-order valence-electron chi connectivity index (χ2n) is 3.82. The largest absolute Gasteiger partial charge is 0.409 e. The zero-order chi connectivity index (χ0) is 11.3. The monoisotopic (exact) mass is 215 g/mol. The Morgan fingerprint density at radius 1 is 1.67 bits per heavy atom. The van der Waals surface area contributed by atoms with Crippen molar-refractivity contribution in [2.75, 3.05) is 19.8 Å². The Labute approximate surface area is 90.9 Å². The van der Waals surface area contributed by atoms with Crippen molar-refractivity contribution in [3.63, 3.8) is 0 Å². The van der Waals surface area contributed by atoms with E-state index in [1.54, 1.807) is 0 Å². The van der Waals surface area contributed by atoms with Gasteiger partial charge in [-0.25, -0.2) is 0 Å². The van der Waals surface area contributed by atoms with E-state index in [2.05, 4.69) is 17.0 Å². The molecular weight excluding hydrogens is 194 g/mol. The third-order valence-electron chi connectivity index (χ3n) is 2.99. The first-order chi connectivity index (χ1) is 7.24. The van der Waals surface area contributed by atoms with Crippen LogP contribution >= 0.6 is 0 Å². The summed E-state index contributed by atoms with van der Waals surface area (Å²) < 4.78 is 5.43. The van der Waals surface area contributed by atoms with Crippen LogP contribution in [0.2, 0.25) is 0 Å². The number of nitrogens with two attached hydrogens (primary N) is 1. The van der Waals surface area contributed by atoms with Gasteiger partial charge in [0.25, 0.3) is 0 Å². The molecule has 0 aromatic rings. The summed E-state index contributed by atoms with van der Waals surface area (Å²) in [5, 5.41) is 11.8. The number of amidine groups is 1. The van der Waals surface area contributed by atoms with E-state index in [0.717, 1.165) is 32.6 Å². The van der Waals surface area contributed by atoms with Crippen molar-refractivity contribution in [3.8, 4) is 0 Å². The predicted molar refractivity (Wildman–Crippen MR) is 59.1 cm³/mol. The number of rotatable bonds is 4. The highest BCUT2D eigenvalue weighted by molar-refractivity contribution is 5.85. The van der Waals surface area contributed by atoms with Crippen molar-refractivity contribution >= 4 is 5.84 Å². The quantitative estimate of drug-likeness (QED) is 0.312. The minimum absolute atomic E-state index is 0.0313. The van der Waals surface area contributed by atoms with Crippen molar-refractivity contribution in [2.24, 2.45) is 10.9 Å². The highest BCUT2D eigenvalue weighted by Gasteiger charge is 2.29. The van der Waals surface area contributed by atoms with E-state index in [1.165, 1.54) is 0 Å². The SMILES string of the molecule is CCC1COCCN1C(CC)C(N)=NO. The summed E-state index contributed by atoms with van der Waals surface area (Å²) in [7, 11) is 0. The van der Waals surface area contributed by atoms with Crippen LogP contribution in [0, 0.1) is 0 Å². The van der Waals surface area contributed by atoms with Crippen molar-refractivity contribution in [1.29, 1.82) is 0 Å². The standard InChI is InChI=1S/C10H21N3O2/c1-3-8-7-15-6-5-13(8)9(4-2)10(11)12-14/h8-9,14H,3-7H2,1-2H3,(H2,11,12). The molecule has 1 aliphatic heterocycles. The summed E-state index contributed by atoms with van der Waals surface area (Å²) >= 11 is 0. The number of hydrogen-bond acceptors (Lipinski definition) is 4. The zero-order valence-electron chi connectivity index (χ0n) is 9.52. The fraction of sp³-hybridized carbons (Fsp3) is 0.900. The van der Waals surface area contributed by atoms with E-state index >= 15 is 0 Å². The van der Waals surface area contributed by atoms with E-state index < -0.39 is 0 Å². The summed E-state index contributed by atoms with van der Waals surface area (Å²) in [6, 6.07) is 0.410. The van der Waals surface area contributed by atoms with Crippen LogP contribution in [-0.4, -0.2) is 47.8 Å². The first-order valence-corrected chi connectivity index (χ1v) is 5.55. The molecule has 0 saturated carbocycles. The highest BCUT2D eigenvalue weighted by Crippen LogP contribution is 2.16. The molecule has 0 aromatic carbocycles. The van der Waals surface area contributed by atoms with E-state index in [4.69, 9.17) is 15.7 Å². The molecule has 0 aliphatic carbocycles. The van der Waals surface area contributed by atoms with E-state index in [1.807, 2.05) is 6.92 Å². The van der Waals surface area contributed by atoms with Crippen LogP contribution in [-0.2, 0) is 4.74 Å². The van der Waals surface area contributed by atoms with Gasteiger partial charge in [-0.2, -0.15) is 0 Å². The Morgan fingerprint density at radius 2 is 2.40 bits per heavy atom. The van der Waals surface area contributed by atoms with Crippen molar-refractivity contribution < 1.29 is 9.94 Å². The third-order valence-corrected chi connectivity index (χ3v) is 2.99. The molecular formula is C10H21N3O2. The molecule has 0 radical (unpaired) electrons. The van der Waals surface area contributed by atoms with Gasteiger partial charge in [-0.15, -0.1) is 0 Å². The molecule has 1 heterocycles. The van der Waals surface area contributed by atoms with Crippen LogP contribution in [0.25, 0.3) is 0 Å². The average Bonchev–Trinajstić information content (AvgIpc) is 2.30. The Balaban J connectivity index is 2.72. The van der Waals surface area contributed by atoms with Gasteiger partial charge < -0.3 is 15.7 Å². The second kappa shape index (κ2) is 5.92. The van der Waals surface area contributed by atoms with Gasteiger partial charge in [0.1, 0.15) is 0 Å². The molecule has 2 atom stereocenters. The van der Waals surface area contributed by atoms with Crippen molar-refractivity contribution in [2.45, 2.75) is 38.8 Å². The molecule has 2 unspecified atom stereocenters. The number of ether oxygens (including phenoxy) is 1. The fourth-order valence-corrected chi connectivity index (χ4v) is 2.11. The molecule has 0 amide bonds. The number of nitrogens with zero attached hydrogens (tertiary/aromatic N) is 2. The molecule has 15 heavy (non-hydrogen) atoms. The van der Waals surface area contributed by atoms with Crippen molar-refractivity contribution in [1.82, 2.24) is 4.90 Å².